The number of alkyl halides is 3. The number of aromatic amines is 1. The average molecular weight is 343 g/mol. The van der Waals surface area contributed by atoms with Crippen LogP contribution in [0.15, 0.2) is 4.47 Å². The van der Waals surface area contributed by atoms with Gasteiger partial charge in [-0.25, -0.2) is 0 Å². The van der Waals surface area contributed by atoms with Gasteiger partial charge in [0.25, 0.3) is 5.91 Å². The van der Waals surface area contributed by atoms with Gasteiger partial charge in [-0.3, -0.25) is 25.5 Å². The van der Waals surface area contributed by atoms with Crippen molar-refractivity contribution in [3.05, 3.63) is 15.9 Å². The van der Waals surface area contributed by atoms with Gasteiger partial charge in [0.15, 0.2) is 11.4 Å². The Labute approximate surface area is 114 Å². The first kappa shape index (κ1) is 15.5. The van der Waals surface area contributed by atoms with Crippen LogP contribution in [0, 0.1) is 5.92 Å². The number of rotatable bonds is 2. The Hall–Kier alpha value is -1.58. The zero-order valence-corrected chi connectivity index (χ0v) is 11.4. The number of H-pyrrole nitrogens is 1. The minimum Gasteiger partial charge on any atom is -0.273 e. The highest BCUT2D eigenvalue weighted by Crippen LogP contribution is 2.34. The third-order valence-corrected chi connectivity index (χ3v) is 2.80. The topological polar surface area (TPSA) is 86.9 Å². The molecule has 0 spiro atoms. The summed E-state index contributed by atoms with van der Waals surface area (Å²) in [5.74, 6) is -1.82. The molecule has 0 fully saturated rings. The first-order valence-corrected chi connectivity index (χ1v) is 5.85. The Kier molecular flexibility index (Phi) is 4.56. The van der Waals surface area contributed by atoms with E-state index >= 15 is 0 Å². The molecular formula is C9H10BrF3N4O2. The predicted octanol–water partition coefficient (Wildman–Crippen LogP) is 1.61. The molecule has 0 aliphatic heterocycles. The lowest BCUT2D eigenvalue weighted by Gasteiger charge is -2.08. The van der Waals surface area contributed by atoms with Crippen molar-refractivity contribution in [2.24, 2.45) is 5.92 Å². The molecule has 0 saturated carbocycles. The monoisotopic (exact) mass is 342 g/mol. The molecule has 2 amide bonds. The maximum Gasteiger partial charge on any atom is 0.433 e. The first-order chi connectivity index (χ1) is 8.64. The number of carbonyl (C=O) groups excluding carboxylic acids is 2. The van der Waals surface area contributed by atoms with E-state index in [1.54, 1.807) is 18.9 Å². The molecule has 1 aromatic rings. The van der Waals surface area contributed by atoms with Crippen molar-refractivity contribution in [1.82, 2.24) is 21.0 Å². The summed E-state index contributed by atoms with van der Waals surface area (Å²) in [4.78, 5) is 22.7. The van der Waals surface area contributed by atoms with Crippen LogP contribution < -0.4 is 10.9 Å². The Balaban J connectivity index is 2.79. The highest BCUT2D eigenvalue weighted by Gasteiger charge is 2.37. The molecule has 0 aliphatic rings. The summed E-state index contributed by atoms with van der Waals surface area (Å²) < 4.78 is 36.8. The minimum absolute atomic E-state index is 0.381. The van der Waals surface area contributed by atoms with Gasteiger partial charge in [0.2, 0.25) is 5.91 Å². The summed E-state index contributed by atoms with van der Waals surface area (Å²) in [7, 11) is 0. The Bertz CT molecular complexity index is 498. The molecule has 10 heteroatoms. The zero-order chi connectivity index (χ0) is 14.8. The van der Waals surface area contributed by atoms with Crippen LogP contribution in [0.2, 0.25) is 0 Å². The quantitative estimate of drug-likeness (QED) is 0.713. The molecule has 0 radical (unpaired) electrons. The molecule has 0 atom stereocenters. The largest absolute Gasteiger partial charge is 0.433 e. The average Bonchev–Trinajstić information content (AvgIpc) is 2.66. The predicted molar refractivity (Wildman–Crippen MR) is 61.7 cm³/mol. The number of amides is 2. The molecule has 3 N–H and O–H groups in total. The fraction of sp³-hybridized carbons (Fsp3) is 0.444. The molecule has 0 aromatic carbocycles. The maximum absolute atomic E-state index is 12.4. The molecule has 0 unspecified atom stereocenters. The van der Waals surface area contributed by atoms with Gasteiger partial charge in [-0.15, -0.1) is 0 Å². The first-order valence-electron chi connectivity index (χ1n) is 5.05. The number of hydrogen-bond donors (Lipinski definition) is 3. The summed E-state index contributed by atoms with van der Waals surface area (Å²) in [6.07, 6.45) is -4.66. The van der Waals surface area contributed by atoms with Crippen molar-refractivity contribution in [3.8, 4) is 0 Å². The van der Waals surface area contributed by atoms with Crippen LogP contribution >= 0.6 is 15.9 Å². The second-order valence-corrected chi connectivity index (χ2v) is 4.65. The smallest absolute Gasteiger partial charge is 0.273 e. The lowest BCUT2D eigenvalue weighted by atomic mass is 10.2. The van der Waals surface area contributed by atoms with Crippen molar-refractivity contribution in [1.29, 1.82) is 0 Å². The summed E-state index contributed by atoms with van der Waals surface area (Å²) in [6.45, 7) is 3.18. The van der Waals surface area contributed by atoms with Gasteiger partial charge in [0, 0.05) is 5.92 Å². The van der Waals surface area contributed by atoms with E-state index in [2.05, 4.69) is 26.5 Å². The maximum atomic E-state index is 12.4. The number of halogens is 4. The van der Waals surface area contributed by atoms with Gasteiger partial charge < -0.3 is 0 Å². The van der Waals surface area contributed by atoms with Crippen LogP contribution in [0.1, 0.15) is 30.0 Å². The van der Waals surface area contributed by atoms with Gasteiger partial charge in [-0.1, -0.05) is 13.8 Å². The zero-order valence-electron chi connectivity index (χ0n) is 9.85. The van der Waals surface area contributed by atoms with Crippen LogP contribution in [0.25, 0.3) is 0 Å². The van der Waals surface area contributed by atoms with Crippen molar-refractivity contribution >= 4 is 27.7 Å². The second kappa shape index (κ2) is 5.59. The summed E-state index contributed by atoms with van der Waals surface area (Å²) in [5.41, 5.74) is 2.35. The molecule has 1 aromatic heterocycles. The molecule has 106 valence electrons. The van der Waals surface area contributed by atoms with Gasteiger partial charge >= 0.3 is 6.18 Å². The normalized spacial score (nSPS) is 11.5. The van der Waals surface area contributed by atoms with Crippen molar-refractivity contribution in [2.45, 2.75) is 20.0 Å². The number of carbonyl (C=O) groups is 2. The molecule has 1 rings (SSSR count). The van der Waals surface area contributed by atoms with E-state index in [9.17, 15) is 22.8 Å². The van der Waals surface area contributed by atoms with Crippen LogP contribution in [-0.2, 0) is 11.0 Å². The van der Waals surface area contributed by atoms with Gasteiger partial charge in [-0.05, 0) is 15.9 Å². The lowest BCUT2D eigenvalue weighted by Crippen LogP contribution is -2.43. The number of hydrogen-bond acceptors (Lipinski definition) is 3. The van der Waals surface area contributed by atoms with E-state index in [-0.39, 0.29) is 5.92 Å². The minimum atomic E-state index is -4.66. The van der Waals surface area contributed by atoms with Gasteiger partial charge in [0.05, 0.1) is 4.47 Å². The van der Waals surface area contributed by atoms with E-state index in [0.717, 1.165) is 0 Å². The van der Waals surface area contributed by atoms with Crippen molar-refractivity contribution in [3.63, 3.8) is 0 Å². The summed E-state index contributed by atoms with van der Waals surface area (Å²) >= 11 is 2.64. The third-order valence-electron chi connectivity index (χ3n) is 2.03. The van der Waals surface area contributed by atoms with Crippen LogP contribution in [0.5, 0.6) is 0 Å². The molecule has 0 saturated heterocycles. The van der Waals surface area contributed by atoms with E-state index in [1.165, 1.54) is 0 Å². The Morgan fingerprint density at radius 3 is 2.32 bits per heavy atom. The number of nitrogens with one attached hydrogen (secondary N) is 3. The van der Waals surface area contributed by atoms with Gasteiger partial charge in [-0.2, -0.15) is 18.3 Å². The van der Waals surface area contributed by atoms with Crippen molar-refractivity contribution in [2.75, 3.05) is 0 Å². The third kappa shape index (κ3) is 3.69. The summed E-state index contributed by atoms with van der Waals surface area (Å²) in [5, 5.41) is 4.96. The standard InChI is InChI=1S/C9H10BrF3N4O2/c1-3(2)7(18)16-17-8(19)5-4(10)6(15-14-5)9(11,12)13/h3H,1-2H3,(H,14,15)(H,16,18)(H,17,19). The number of aromatic nitrogens is 2. The lowest BCUT2D eigenvalue weighted by molar-refractivity contribution is -0.141. The molecule has 0 bridgehead atoms. The van der Waals surface area contributed by atoms with E-state index in [4.69, 9.17) is 0 Å². The molecule has 1 heterocycles. The number of hydrazine groups is 1. The van der Waals surface area contributed by atoms with Crippen LogP contribution in [-0.4, -0.2) is 22.0 Å². The molecular weight excluding hydrogens is 333 g/mol. The molecule has 19 heavy (non-hydrogen) atoms. The van der Waals surface area contributed by atoms with E-state index in [0.29, 0.717) is 0 Å². The van der Waals surface area contributed by atoms with Gasteiger partial charge in [0.1, 0.15) is 0 Å². The number of nitrogens with zero attached hydrogens (tertiary/aromatic N) is 1. The Morgan fingerprint density at radius 2 is 1.89 bits per heavy atom. The van der Waals surface area contributed by atoms with E-state index in [1.807, 2.05) is 5.43 Å². The fourth-order valence-corrected chi connectivity index (χ4v) is 1.57. The van der Waals surface area contributed by atoms with Crippen molar-refractivity contribution < 1.29 is 22.8 Å². The molecule has 6 nitrogen and oxygen atoms in total. The summed E-state index contributed by atoms with van der Waals surface area (Å²) in [6, 6.07) is 0. The fourth-order valence-electron chi connectivity index (χ4n) is 0.989. The second-order valence-electron chi connectivity index (χ2n) is 3.86. The molecule has 0 aliphatic carbocycles. The van der Waals surface area contributed by atoms with Crippen LogP contribution in [0.4, 0.5) is 13.2 Å². The Morgan fingerprint density at radius 1 is 1.32 bits per heavy atom. The highest BCUT2D eigenvalue weighted by molar-refractivity contribution is 9.10. The highest BCUT2D eigenvalue weighted by atomic mass is 79.9. The SMILES string of the molecule is CC(C)C(=O)NNC(=O)c1n[nH]c(C(F)(F)F)c1Br. The van der Waals surface area contributed by atoms with E-state index < -0.39 is 33.9 Å². The van der Waals surface area contributed by atoms with Crippen LogP contribution in [0.3, 0.4) is 0 Å².